The third kappa shape index (κ3) is 1.86. The number of hydrogen-bond acceptors (Lipinski definition) is 1. The first-order chi connectivity index (χ1) is 11.8. The topological polar surface area (TPSA) is 17.3 Å². The van der Waals surface area contributed by atoms with Gasteiger partial charge in [0, 0.05) is 5.39 Å². The van der Waals surface area contributed by atoms with E-state index in [0.717, 1.165) is 16.7 Å². The molecule has 0 aliphatic rings. The van der Waals surface area contributed by atoms with Gasteiger partial charge in [-0.05, 0) is 42.1 Å². The van der Waals surface area contributed by atoms with E-state index >= 15 is 0 Å². The third-order valence-corrected chi connectivity index (χ3v) is 4.61. The van der Waals surface area contributed by atoms with Crippen LogP contribution < -0.4 is 0 Å². The van der Waals surface area contributed by atoms with Gasteiger partial charge in [-0.15, -0.1) is 0 Å². The Labute approximate surface area is 140 Å². The van der Waals surface area contributed by atoms with Crippen molar-refractivity contribution in [1.82, 2.24) is 9.38 Å². The molecule has 0 aliphatic carbocycles. The van der Waals surface area contributed by atoms with Gasteiger partial charge in [-0.1, -0.05) is 60.2 Å². The highest BCUT2D eigenvalue weighted by atomic mass is 15.0. The lowest BCUT2D eigenvalue weighted by Gasteiger charge is -2.10. The Morgan fingerprint density at radius 2 is 1.58 bits per heavy atom. The van der Waals surface area contributed by atoms with Crippen LogP contribution >= 0.6 is 0 Å². The molecule has 0 spiro atoms. The van der Waals surface area contributed by atoms with Crippen LogP contribution in [0.25, 0.3) is 38.7 Å². The molecule has 0 saturated carbocycles. The Hall–Kier alpha value is -3.13. The summed E-state index contributed by atoms with van der Waals surface area (Å²) in [6.07, 6.45) is 0. The number of nitrogens with zero attached hydrogens (tertiary/aromatic N) is 2. The molecule has 24 heavy (non-hydrogen) atoms. The zero-order valence-corrected chi connectivity index (χ0v) is 13.4. The summed E-state index contributed by atoms with van der Waals surface area (Å²) in [5, 5.41) is 2.42. The molecule has 5 aromatic rings. The van der Waals surface area contributed by atoms with E-state index in [9.17, 15) is 0 Å². The highest BCUT2D eigenvalue weighted by molar-refractivity contribution is 6.01. The highest BCUT2D eigenvalue weighted by Crippen LogP contribution is 2.32. The molecular formula is C22H16N2. The summed E-state index contributed by atoms with van der Waals surface area (Å²) in [4.78, 5) is 4.93. The van der Waals surface area contributed by atoms with Crippen LogP contribution in [-0.2, 0) is 0 Å². The van der Waals surface area contributed by atoms with Crippen molar-refractivity contribution in [2.45, 2.75) is 6.92 Å². The molecule has 5 rings (SSSR count). The number of para-hydroxylation sites is 2. The Balaban J connectivity index is 2.05. The molecule has 2 aromatic heterocycles. The maximum Gasteiger partial charge on any atom is 0.146 e. The van der Waals surface area contributed by atoms with E-state index in [2.05, 4.69) is 84.1 Å². The number of imidazole rings is 1. The van der Waals surface area contributed by atoms with Crippen LogP contribution in [0.5, 0.6) is 0 Å². The average Bonchev–Trinajstić information content (AvgIpc) is 3.02. The number of pyridine rings is 1. The van der Waals surface area contributed by atoms with Crippen LogP contribution in [0.4, 0.5) is 0 Å². The second-order valence-electron chi connectivity index (χ2n) is 6.25. The normalized spacial score (nSPS) is 11.5. The van der Waals surface area contributed by atoms with Gasteiger partial charge in [-0.2, -0.15) is 0 Å². The molecule has 2 heterocycles. The van der Waals surface area contributed by atoms with Crippen molar-refractivity contribution in [3.63, 3.8) is 0 Å². The van der Waals surface area contributed by atoms with Crippen LogP contribution in [0, 0.1) is 6.92 Å². The Bertz CT molecular complexity index is 1200. The van der Waals surface area contributed by atoms with Gasteiger partial charge < -0.3 is 0 Å². The van der Waals surface area contributed by atoms with E-state index in [0.29, 0.717) is 0 Å². The zero-order chi connectivity index (χ0) is 16.1. The van der Waals surface area contributed by atoms with Crippen molar-refractivity contribution < 1.29 is 0 Å². The molecule has 2 heteroatoms. The van der Waals surface area contributed by atoms with Crippen LogP contribution in [-0.4, -0.2) is 9.38 Å². The van der Waals surface area contributed by atoms with E-state index in [-0.39, 0.29) is 0 Å². The summed E-state index contributed by atoms with van der Waals surface area (Å²) < 4.78 is 2.28. The van der Waals surface area contributed by atoms with Crippen molar-refractivity contribution >= 4 is 27.5 Å². The molecular weight excluding hydrogens is 292 g/mol. The molecule has 2 nitrogen and oxygen atoms in total. The first-order valence-electron chi connectivity index (χ1n) is 8.17. The van der Waals surface area contributed by atoms with Crippen LogP contribution in [0.15, 0.2) is 78.9 Å². The minimum Gasteiger partial charge on any atom is -0.292 e. The van der Waals surface area contributed by atoms with Gasteiger partial charge >= 0.3 is 0 Å². The third-order valence-electron chi connectivity index (χ3n) is 4.61. The van der Waals surface area contributed by atoms with E-state index in [1.807, 2.05) is 6.07 Å². The predicted molar refractivity (Wildman–Crippen MR) is 100 cm³/mol. The van der Waals surface area contributed by atoms with Crippen LogP contribution in [0.2, 0.25) is 0 Å². The summed E-state index contributed by atoms with van der Waals surface area (Å²) in [6.45, 7) is 2.13. The van der Waals surface area contributed by atoms with Gasteiger partial charge in [-0.25, -0.2) is 4.98 Å². The van der Waals surface area contributed by atoms with E-state index in [1.165, 1.54) is 27.6 Å². The number of aromatic nitrogens is 2. The number of benzene rings is 3. The van der Waals surface area contributed by atoms with E-state index in [1.54, 1.807) is 0 Å². The van der Waals surface area contributed by atoms with Crippen molar-refractivity contribution in [2.24, 2.45) is 0 Å². The molecule has 0 saturated heterocycles. The quantitative estimate of drug-likeness (QED) is 0.393. The molecule has 3 aromatic carbocycles. The Morgan fingerprint density at radius 3 is 2.46 bits per heavy atom. The maximum absolute atomic E-state index is 4.93. The monoisotopic (exact) mass is 308 g/mol. The maximum atomic E-state index is 4.93. The smallest absolute Gasteiger partial charge is 0.146 e. The van der Waals surface area contributed by atoms with Crippen LogP contribution in [0.3, 0.4) is 0 Å². The number of rotatable bonds is 1. The van der Waals surface area contributed by atoms with Gasteiger partial charge in [0.1, 0.15) is 5.65 Å². The summed E-state index contributed by atoms with van der Waals surface area (Å²) in [5.41, 5.74) is 6.84. The van der Waals surface area contributed by atoms with E-state index < -0.39 is 0 Å². The van der Waals surface area contributed by atoms with Gasteiger partial charge in [0.25, 0.3) is 0 Å². The first kappa shape index (κ1) is 13.3. The number of fused-ring (bicyclic) bond motifs is 5. The standard InChI is InChI=1S/C22H16N2/c1-15-11-12-17-14-21(16-7-3-2-4-8-16)24-20-10-6-5-9-19(20)23-22(24)18(17)13-15/h2-14H,1H3. The lowest BCUT2D eigenvalue weighted by atomic mass is 10.0. The number of hydrogen-bond donors (Lipinski definition) is 0. The van der Waals surface area contributed by atoms with Gasteiger partial charge in [0.2, 0.25) is 0 Å². The summed E-state index contributed by atoms with van der Waals surface area (Å²) in [5.74, 6) is 0. The summed E-state index contributed by atoms with van der Waals surface area (Å²) >= 11 is 0. The molecule has 0 amide bonds. The van der Waals surface area contributed by atoms with Crippen molar-refractivity contribution in [2.75, 3.05) is 0 Å². The van der Waals surface area contributed by atoms with Crippen LogP contribution in [0.1, 0.15) is 5.56 Å². The molecule has 0 fully saturated rings. The highest BCUT2D eigenvalue weighted by Gasteiger charge is 2.13. The fraction of sp³-hybridized carbons (Fsp3) is 0.0455. The first-order valence-corrected chi connectivity index (χ1v) is 8.17. The molecule has 0 N–H and O–H groups in total. The Kier molecular flexibility index (Phi) is 2.74. The Morgan fingerprint density at radius 1 is 0.792 bits per heavy atom. The molecule has 114 valence electrons. The molecule has 0 bridgehead atoms. The lowest BCUT2D eigenvalue weighted by Crippen LogP contribution is -1.94. The van der Waals surface area contributed by atoms with Crippen molar-refractivity contribution in [3.8, 4) is 11.3 Å². The minimum atomic E-state index is 1.02. The SMILES string of the molecule is Cc1ccc2cc(-c3ccccc3)n3c4ccccc4nc3c2c1. The second-order valence-corrected chi connectivity index (χ2v) is 6.25. The van der Waals surface area contributed by atoms with E-state index in [4.69, 9.17) is 4.98 Å². The lowest BCUT2D eigenvalue weighted by molar-refractivity contribution is 1.25. The van der Waals surface area contributed by atoms with Crippen molar-refractivity contribution in [1.29, 1.82) is 0 Å². The van der Waals surface area contributed by atoms with Crippen molar-refractivity contribution in [3.05, 3.63) is 84.4 Å². The average molecular weight is 308 g/mol. The fourth-order valence-electron chi connectivity index (χ4n) is 3.47. The van der Waals surface area contributed by atoms with Gasteiger partial charge in [-0.3, -0.25) is 4.40 Å². The molecule has 0 aliphatic heterocycles. The summed E-state index contributed by atoms with van der Waals surface area (Å²) in [7, 11) is 0. The largest absolute Gasteiger partial charge is 0.292 e. The molecule has 0 radical (unpaired) electrons. The minimum absolute atomic E-state index is 1.02. The predicted octanol–water partition coefficient (Wildman–Crippen LogP) is 5.62. The summed E-state index contributed by atoms with van der Waals surface area (Å²) in [6, 6.07) is 27.7. The fourth-order valence-corrected chi connectivity index (χ4v) is 3.47. The van der Waals surface area contributed by atoms with Gasteiger partial charge in [0.15, 0.2) is 0 Å². The second kappa shape index (κ2) is 4.93. The molecule has 0 atom stereocenters. The zero-order valence-electron chi connectivity index (χ0n) is 13.4. The van der Waals surface area contributed by atoms with Gasteiger partial charge in [0.05, 0.1) is 16.7 Å². The molecule has 0 unspecified atom stereocenters. The number of aryl methyl sites for hydroxylation is 1.